The normalized spacial score (nSPS) is 23.8. The maximum Gasteiger partial charge on any atom is 0.249 e. The highest BCUT2D eigenvalue weighted by atomic mass is 32.1. The van der Waals surface area contributed by atoms with Crippen molar-refractivity contribution >= 4 is 17.2 Å². The SMILES string of the molecule is NC[C@H]1CC[C@@H](C(=O)NCCc2cccs2)O1. The van der Waals surface area contributed by atoms with E-state index in [1.807, 2.05) is 11.4 Å². The van der Waals surface area contributed by atoms with Gasteiger partial charge < -0.3 is 15.8 Å². The first-order chi connectivity index (χ1) is 8.29. The van der Waals surface area contributed by atoms with Crippen LogP contribution in [0.3, 0.4) is 0 Å². The Morgan fingerprint density at radius 2 is 2.47 bits per heavy atom. The van der Waals surface area contributed by atoms with Gasteiger partial charge in [0.1, 0.15) is 6.10 Å². The second-order valence-electron chi connectivity index (χ2n) is 4.18. The molecule has 0 bridgehead atoms. The van der Waals surface area contributed by atoms with Crippen molar-refractivity contribution in [1.82, 2.24) is 5.32 Å². The molecule has 2 rings (SSSR count). The zero-order valence-electron chi connectivity index (χ0n) is 9.72. The van der Waals surface area contributed by atoms with Gasteiger partial charge in [0.25, 0.3) is 0 Å². The molecule has 0 unspecified atom stereocenters. The predicted molar refractivity (Wildman–Crippen MR) is 68.0 cm³/mol. The van der Waals surface area contributed by atoms with Gasteiger partial charge in [-0.2, -0.15) is 0 Å². The summed E-state index contributed by atoms with van der Waals surface area (Å²) >= 11 is 1.71. The number of nitrogens with one attached hydrogen (secondary N) is 1. The molecule has 1 aromatic rings. The van der Waals surface area contributed by atoms with Crippen LogP contribution in [0.5, 0.6) is 0 Å². The van der Waals surface area contributed by atoms with E-state index in [-0.39, 0.29) is 18.1 Å². The highest BCUT2D eigenvalue weighted by Gasteiger charge is 2.29. The number of ether oxygens (including phenoxy) is 1. The highest BCUT2D eigenvalue weighted by Crippen LogP contribution is 2.18. The summed E-state index contributed by atoms with van der Waals surface area (Å²) in [4.78, 5) is 13.1. The molecule has 1 fully saturated rings. The van der Waals surface area contributed by atoms with E-state index in [0.717, 1.165) is 19.3 Å². The monoisotopic (exact) mass is 254 g/mol. The minimum Gasteiger partial charge on any atom is -0.364 e. The number of carbonyl (C=O) groups excluding carboxylic acids is 1. The molecule has 3 N–H and O–H groups in total. The Kier molecular flexibility index (Phi) is 4.53. The van der Waals surface area contributed by atoms with Crippen LogP contribution in [0, 0.1) is 0 Å². The van der Waals surface area contributed by atoms with Gasteiger partial charge in [0.2, 0.25) is 5.91 Å². The Bertz CT molecular complexity index is 353. The molecule has 0 aromatic carbocycles. The van der Waals surface area contributed by atoms with Gasteiger partial charge in [0.05, 0.1) is 6.10 Å². The van der Waals surface area contributed by atoms with Gasteiger partial charge in [-0.3, -0.25) is 4.79 Å². The fourth-order valence-electron chi connectivity index (χ4n) is 1.95. The molecule has 1 aliphatic rings. The van der Waals surface area contributed by atoms with Crippen LogP contribution in [0.25, 0.3) is 0 Å². The average molecular weight is 254 g/mol. The summed E-state index contributed by atoms with van der Waals surface area (Å²) in [5.41, 5.74) is 5.51. The molecule has 17 heavy (non-hydrogen) atoms. The Morgan fingerprint density at radius 1 is 1.59 bits per heavy atom. The van der Waals surface area contributed by atoms with E-state index >= 15 is 0 Å². The third-order valence-electron chi connectivity index (χ3n) is 2.91. The van der Waals surface area contributed by atoms with Crippen LogP contribution >= 0.6 is 11.3 Å². The quantitative estimate of drug-likeness (QED) is 0.821. The fourth-order valence-corrected chi connectivity index (χ4v) is 2.66. The first-order valence-electron chi connectivity index (χ1n) is 5.95. The van der Waals surface area contributed by atoms with Crippen LogP contribution in [-0.4, -0.2) is 31.2 Å². The topological polar surface area (TPSA) is 64.4 Å². The summed E-state index contributed by atoms with van der Waals surface area (Å²) in [5.74, 6) is -0.00231. The van der Waals surface area contributed by atoms with E-state index in [1.54, 1.807) is 11.3 Å². The van der Waals surface area contributed by atoms with Crippen molar-refractivity contribution in [2.24, 2.45) is 5.73 Å². The van der Waals surface area contributed by atoms with Crippen molar-refractivity contribution in [1.29, 1.82) is 0 Å². The number of nitrogens with two attached hydrogens (primary N) is 1. The summed E-state index contributed by atoms with van der Waals surface area (Å²) in [7, 11) is 0. The lowest BCUT2D eigenvalue weighted by Gasteiger charge is -2.12. The third-order valence-corrected chi connectivity index (χ3v) is 3.85. The molecular weight excluding hydrogens is 236 g/mol. The molecule has 2 heterocycles. The van der Waals surface area contributed by atoms with Crippen molar-refractivity contribution in [3.05, 3.63) is 22.4 Å². The minimum atomic E-state index is -0.299. The first kappa shape index (κ1) is 12.5. The molecule has 94 valence electrons. The van der Waals surface area contributed by atoms with Gasteiger partial charge in [-0.25, -0.2) is 0 Å². The van der Waals surface area contributed by atoms with Crippen LogP contribution in [-0.2, 0) is 16.0 Å². The maximum absolute atomic E-state index is 11.8. The molecule has 2 atom stereocenters. The molecule has 0 radical (unpaired) electrons. The summed E-state index contributed by atoms with van der Waals surface area (Å²) < 4.78 is 5.53. The standard InChI is InChI=1S/C12H18N2O2S/c13-8-9-3-4-11(16-9)12(15)14-6-5-10-2-1-7-17-10/h1-2,7,9,11H,3-6,8,13H2,(H,14,15)/t9-,11+/m1/s1. The minimum absolute atomic E-state index is 0.00231. The molecular formula is C12H18N2O2S. The van der Waals surface area contributed by atoms with E-state index in [9.17, 15) is 4.79 Å². The Labute approximate surface area is 105 Å². The lowest BCUT2D eigenvalue weighted by atomic mass is 10.2. The molecule has 1 amide bonds. The smallest absolute Gasteiger partial charge is 0.249 e. The molecule has 1 aromatic heterocycles. The molecule has 0 aliphatic carbocycles. The third kappa shape index (κ3) is 3.52. The Hall–Kier alpha value is -0.910. The van der Waals surface area contributed by atoms with E-state index in [4.69, 9.17) is 10.5 Å². The van der Waals surface area contributed by atoms with Crippen molar-refractivity contribution in [3.8, 4) is 0 Å². The number of thiophene rings is 1. The summed E-state index contributed by atoms with van der Waals surface area (Å²) in [6.45, 7) is 1.17. The van der Waals surface area contributed by atoms with Gasteiger partial charge in [-0.15, -0.1) is 11.3 Å². The lowest BCUT2D eigenvalue weighted by molar-refractivity contribution is -0.131. The highest BCUT2D eigenvalue weighted by molar-refractivity contribution is 7.09. The molecule has 0 saturated carbocycles. The van der Waals surface area contributed by atoms with Gasteiger partial charge in [-0.1, -0.05) is 6.07 Å². The average Bonchev–Trinajstić information content (AvgIpc) is 2.99. The van der Waals surface area contributed by atoms with E-state index in [2.05, 4.69) is 11.4 Å². The summed E-state index contributed by atoms with van der Waals surface area (Å²) in [6, 6.07) is 4.10. The van der Waals surface area contributed by atoms with E-state index < -0.39 is 0 Å². The van der Waals surface area contributed by atoms with E-state index in [1.165, 1.54) is 4.88 Å². The number of amides is 1. The summed E-state index contributed by atoms with van der Waals surface area (Å²) in [6.07, 6.45) is 2.32. The van der Waals surface area contributed by atoms with Crippen LogP contribution in [0.15, 0.2) is 17.5 Å². The molecule has 1 aliphatic heterocycles. The zero-order valence-corrected chi connectivity index (χ0v) is 10.5. The number of hydrogen-bond acceptors (Lipinski definition) is 4. The van der Waals surface area contributed by atoms with Crippen LogP contribution in [0.4, 0.5) is 0 Å². The second kappa shape index (κ2) is 6.14. The fraction of sp³-hybridized carbons (Fsp3) is 0.583. The Balaban J connectivity index is 1.67. The molecule has 5 heteroatoms. The zero-order chi connectivity index (χ0) is 12.1. The van der Waals surface area contributed by atoms with Crippen molar-refractivity contribution in [3.63, 3.8) is 0 Å². The molecule has 1 saturated heterocycles. The first-order valence-corrected chi connectivity index (χ1v) is 6.83. The van der Waals surface area contributed by atoms with Crippen molar-refractivity contribution in [2.75, 3.05) is 13.1 Å². The van der Waals surface area contributed by atoms with Gasteiger partial charge in [0.15, 0.2) is 0 Å². The van der Waals surface area contributed by atoms with Crippen LogP contribution in [0.2, 0.25) is 0 Å². The number of rotatable bonds is 5. The van der Waals surface area contributed by atoms with Gasteiger partial charge in [-0.05, 0) is 30.7 Å². The number of hydrogen-bond donors (Lipinski definition) is 2. The number of carbonyl (C=O) groups is 1. The van der Waals surface area contributed by atoms with Gasteiger partial charge in [0, 0.05) is 18.0 Å². The Morgan fingerprint density at radius 3 is 3.12 bits per heavy atom. The maximum atomic E-state index is 11.8. The molecule has 4 nitrogen and oxygen atoms in total. The van der Waals surface area contributed by atoms with E-state index in [0.29, 0.717) is 13.1 Å². The van der Waals surface area contributed by atoms with Crippen LogP contribution < -0.4 is 11.1 Å². The van der Waals surface area contributed by atoms with Gasteiger partial charge >= 0.3 is 0 Å². The second-order valence-corrected chi connectivity index (χ2v) is 5.21. The predicted octanol–water partition coefficient (Wildman–Crippen LogP) is 0.913. The largest absolute Gasteiger partial charge is 0.364 e. The lowest BCUT2D eigenvalue weighted by Crippen LogP contribution is -2.36. The summed E-state index contributed by atoms with van der Waals surface area (Å²) in [5, 5.41) is 4.95. The van der Waals surface area contributed by atoms with Crippen molar-refractivity contribution in [2.45, 2.75) is 31.5 Å². The van der Waals surface area contributed by atoms with Crippen LogP contribution in [0.1, 0.15) is 17.7 Å². The molecule has 0 spiro atoms. The van der Waals surface area contributed by atoms with Crippen molar-refractivity contribution < 1.29 is 9.53 Å².